The number of ether oxygens (including phenoxy) is 1. The van der Waals surface area contributed by atoms with Gasteiger partial charge in [-0.2, -0.15) is 0 Å². The van der Waals surface area contributed by atoms with Crippen LogP contribution in [0.1, 0.15) is 32.9 Å². The van der Waals surface area contributed by atoms with Gasteiger partial charge in [0.15, 0.2) is 10.7 Å². The van der Waals surface area contributed by atoms with Crippen LogP contribution in [0.5, 0.6) is 0 Å². The number of aryl methyl sites for hydroxylation is 1. The molecule has 9 nitrogen and oxygen atoms in total. The number of benzene rings is 2. The van der Waals surface area contributed by atoms with Crippen LogP contribution in [-0.4, -0.2) is 46.9 Å². The number of hydrogen-bond acceptors (Lipinski definition) is 7. The van der Waals surface area contributed by atoms with E-state index in [4.69, 9.17) is 22.1 Å². The van der Waals surface area contributed by atoms with Gasteiger partial charge in [-0.15, -0.1) is 0 Å². The average molecular weight is 526 g/mol. The first-order valence-corrected chi connectivity index (χ1v) is 12.6. The maximum Gasteiger partial charge on any atom is 0.412 e. The number of nitrogen functional groups attached to an aromatic ring is 1. The van der Waals surface area contributed by atoms with Crippen molar-refractivity contribution < 1.29 is 19.1 Å². The predicted molar refractivity (Wildman–Crippen MR) is 137 cm³/mol. The lowest BCUT2D eigenvalue weighted by molar-refractivity contribution is -0.133. The molecule has 1 unspecified atom stereocenters. The lowest BCUT2D eigenvalue weighted by atomic mass is 9.90. The molecule has 1 saturated heterocycles. The lowest BCUT2D eigenvalue weighted by Gasteiger charge is -2.35. The first kappa shape index (κ1) is 24.1. The number of halogens is 1. The van der Waals surface area contributed by atoms with Gasteiger partial charge < -0.3 is 20.7 Å². The standard InChI is InChI=1S/C25H24ClN5O4S/c1-14-20(36-23(27)28-14)21(32)29-19(11-15-5-3-2-4-6-15)22(33)31-10-9-25(13-31)17-12-16(26)7-8-18(17)30-24(34)35-25/h2-8,12,19H,9-11,13H2,1H3,(H2,27,28)(H,29,32)(H,30,34)/t19-,25?/m0/s1. The third kappa shape index (κ3) is 4.61. The molecule has 186 valence electrons. The summed E-state index contributed by atoms with van der Waals surface area (Å²) in [5.74, 6) is -0.673. The van der Waals surface area contributed by atoms with Crippen LogP contribution in [-0.2, 0) is 21.6 Å². The van der Waals surface area contributed by atoms with Gasteiger partial charge in [0, 0.05) is 30.0 Å². The fourth-order valence-electron chi connectivity index (χ4n) is 4.77. The summed E-state index contributed by atoms with van der Waals surface area (Å²) in [6.07, 6.45) is 0.133. The summed E-state index contributed by atoms with van der Waals surface area (Å²) >= 11 is 7.31. The van der Waals surface area contributed by atoms with Crippen molar-refractivity contribution in [2.24, 2.45) is 0 Å². The molecule has 2 aliphatic heterocycles. The number of likely N-dealkylation sites (tertiary alicyclic amines) is 1. The van der Waals surface area contributed by atoms with Gasteiger partial charge >= 0.3 is 6.09 Å². The number of nitrogens with zero attached hydrogens (tertiary/aromatic N) is 2. The molecule has 1 spiro atoms. The number of hydrogen-bond donors (Lipinski definition) is 3. The van der Waals surface area contributed by atoms with Crippen molar-refractivity contribution in [3.8, 4) is 0 Å². The van der Waals surface area contributed by atoms with E-state index in [0.29, 0.717) is 40.7 Å². The number of fused-ring (bicyclic) bond motifs is 2. The molecular weight excluding hydrogens is 502 g/mol. The van der Waals surface area contributed by atoms with Crippen molar-refractivity contribution in [2.75, 3.05) is 24.1 Å². The molecule has 3 heterocycles. The van der Waals surface area contributed by atoms with Crippen LogP contribution in [0.15, 0.2) is 48.5 Å². The predicted octanol–water partition coefficient (Wildman–Crippen LogP) is 3.72. The van der Waals surface area contributed by atoms with E-state index < -0.39 is 23.6 Å². The van der Waals surface area contributed by atoms with Crippen LogP contribution in [0.25, 0.3) is 0 Å². The van der Waals surface area contributed by atoms with Crippen LogP contribution in [0, 0.1) is 6.92 Å². The SMILES string of the molecule is Cc1nc(N)sc1C(=O)N[C@@H](Cc1ccccc1)C(=O)N1CCC2(C1)OC(=O)Nc1ccc(Cl)cc12. The Hall–Kier alpha value is -3.63. The van der Waals surface area contributed by atoms with E-state index in [2.05, 4.69) is 15.6 Å². The summed E-state index contributed by atoms with van der Waals surface area (Å²) in [4.78, 5) is 45.3. The molecule has 0 bridgehead atoms. The molecule has 1 fully saturated rings. The summed E-state index contributed by atoms with van der Waals surface area (Å²) in [6, 6.07) is 13.8. The smallest absolute Gasteiger partial charge is 0.412 e. The minimum absolute atomic E-state index is 0.153. The van der Waals surface area contributed by atoms with E-state index in [1.807, 2.05) is 30.3 Å². The Morgan fingerprint density at radius 1 is 1.31 bits per heavy atom. The zero-order valence-corrected chi connectivity index (χ0v) is 21.0. The molecule has 0 aliphatic carbocycles. The van der Waals surface area contributed by atoms with Crippen LogP contribution in [0.4, 0.5) is 15.6 Å². The van der Waals surface area contributed by atoms with Crippen molar-refractivity contribution in [3.63, 3.8) is 0 Å². The van der Waals surface area contributed by atoms with Crippen LogP contribution < -0.4 is 16.4 Å². The van der Waals surface area contributed by atoms with Gasteiger partial charge in [0.05, 0.1) is 17.9 Å². The molecule has 4 N–H and O–H groups in total. The van der Waals surface area contributed by atoms with E-state index >= 15 is 0 Å². The zero-order chi connectivity index (χ0) is 25.4. The number of nitrogens with two attached hydrogens (primary N) is 1. The van der Waals surface area contributed by atoms with Gasteiger partial charge in [0.25, 0.3) is 5.91 Å². The van der Waals surface area contributed by atoms with Gasteiger partial charge in [0.1, 0.15) is 10.9 Å². The maximum absolute atomic E-state index is 13.8. The summed E-state index contributed by atoms with van der Waals surface area (Å²) in [5, 5.41) is 6.37. The van der Waals surface area contributed by atoms with Crippen molar-refractivity contribution in [1.82, 2.24) is 15.2 Å². The maximum atomic E-state index is 13.8. The van der Waals surface area contributed by atoms with Gasteiger partial charge in [-0.25, -0.2) is 9.78 Å². The fourth-order valence-corrected chi connectivity index (χ4v) is 5.67. The number of amides is 3. The first-order valence-electron chi connectivity index (χ1n) is 11.4. The molecule has 36 heavy (non-hydrogen) atoms. The molecule has 3 aromatic rings. The second-order valence-electron chi connectivity index (χ2n) is 8.89. The Bertz CT molecular complexity index is 1350. The van der Waals surface area contributed by atoms with Crippen LogP contribution >= 0.6 is 22.9 Å². The summed E-state index contributed by atoms with van der Waals surface area (Å²) in [7, 11) is 0. The second kappa shape index (κ2) is 9.44. The molecule has 0 saturated carbocycles. The Kier molecular flexibility index (Phi) is 6.31. The lowest BCUT2D eigenvalue weighted by Crippen LogP contribution is -2.50. The highest BCUT2D eigenvalue weighted by Gasteiger charge is 2.49. The van der Waals surface area contributed by atoms with Gasteiger partial charge in [-0.3, -0.25) is 14.9 Å². The summed E-state index contributed by atoms with van der Waals surface area (Å²) in [5.41, 5.74) is 7.50. The molecular formula is C25H24ClN5O4S. The number of nitrogens with one attached hydrogen (secondary N) is 2. The number of anilines is 2. The van der Waals surface area contributed by atoms with Gasteiger partial charge in [-0.1, -0.05) is 53.3 Å². The molecule has 1 aromatic heterocycles. The minimum Gasteiger partial charge on any atom is -0.436 e. The molecule has 5 rings (SSSR count). The Labute approximate surface area is 216 Å². The number of rotatable bonds is 5. The third-order valence-electron chi connectivity index (χ3n) is 6.45. The minimum atomic E-state index is -1.01. The largest absolute Gasteiger partial charge is 0.436 e. The Balaban J connectivity index is 1.41. The molecule has 2 atom stereocenters. The normalized spacial score (nSPS) is 19.4. The number of aromatic nitrogens is 1. The van der Waals surface area contributed by atoms with E-state index in [9.17, 15) is 14.4 Å². The highest BCUT2D eigenvalue weighted by Crippen LogP contribution is 2.43. The highest BCUT2D eigenvalue weighted by molar-refractivity contribution is 7.17. The number of carbonyl (C=O) groups is 3. The Morgan fingerprint density at radius 2 is 2.08 bits per heavy atom. The zero-order valence-electron chi connectivity index (χ0n) is 19.4. The third-order valence-corrected chi connectivity index (χ3v) is 7.67. The van der Waals surface area contributed by atoms with E-state index in [0.717, 1.165) is 22.5 Å². The van der Waals surface area contributed by atoms with Crippen molar-refractivity contribution in [2.45, 2.75) is 31.4 Å². The van der Waals surface area contributed by atoms with Crippen LogP contribution in [0.2, 0.25) is 5.02 Å². The quantitative estimate of drug-likeness (QED) is 0.466. The van der Waals surface area contributed by atoms with E-state index in [1.165, 1.54) is 0 Å². The van der Waals surface area contributed by atoms with E-state index in [-0.39, 0.29) is 17.6 Å². The molecule has 2 aromatic carbocycles. The second-order valence-corrected chi connectivity index (χ2v) is 10.4. The molecule has 0 radical (unpaired) electrons. The number of thiazole rings is 1. The topological polar surface area (TPSA) is 127 Å². The first-order chi connectivity index (χ1) is 17.2. The van der Waals surface area contributed by atoms with Crippen LogP contribution in [0.3, 0.4) is 0 Å². The monoisotopic (exact) mass is 525 g/mol. The van der Waals surface area contributed by atoms with E-state index in [1.54, 1.807) is 30.0 Å². The van der Waals surface area contributed by atoms with Gasteiger partial charge in [-0.05, 0) is 30.7 Å². The van der Waals surface area contributed by atoms with Crippen molar-refractivity contribution >= 4 is 51.7 Å². The van der Waals surface area contributed by atoms with Crippen molar-refractivity contribution in [3.05, 3.63) is 75.3 Å². The molecule has 11 heteroatoms. The molecule has 2 aliphatic rings. The van der Waals surface area contributed by atoms with Crippen molar-refractivity contribution in [1.29, 1.82) is 0 Å². The highest BCUT2D eigenvalue weighted by atomic mass is 35.5. The number of carbonyl (C=O) groups excluding carboxylic acids is 3. The summed E-state index contributed by atoms with van der Waals surface area (Å²) in [6.45, 7) is 2.21. The molecule has 3 amide bonds. The summed E-state index contributed by atoms with van der Waals surface area (Å²) < 4.78 is 5.75. The Morgan fingerprint density at radius 3 is 2.81 bits per heavy atom. The fraction of sp³-hybridized carbons (Fsp3) is 0.280. The van der Waals surface area contributed by atoms with Gasteiger partial charge in [0.2, 0.25) is 5.91 Å². The average Bonchev–Trinajstić information content (AvgIpc) is 3.42.